The second kappa shape index (κ2) is 6.03. The number of rotatable bonds is 3. The predicted octanol–water partition coefficient (Wildman–Crippen LogP) is 3.42. The van der Waals surface area contributed by atoms with Crippen molar-refractivity contribution in [2.75, 3.05) is 24.6 Å². The molecule has 112 valence electrons. The largest absolute Gasteiger partial charge is 0.370 e. The molecule has 1 fully saturated rings. The Morgan fingerprint density at radius 2 is 2.05 bits per heavy atom. The summed E-state index contributed by atoms with van der Waals surface area (Å²) in [5, 5.41) is 4.79. The molecular weight excluding hydrogens is 290 g/mol. The van der Waals surface area contributed by atoms with Crippen molar-refractivity contribution in [3.63, 3.8) is 0 Å². The van der Waals surface area contributed by atoms with E-state index in [4.69, 9.17) is 20.9 Å². The van der Waals surface area contributed by atoms with Crippen LogP contribution in [0.5, 0.6) is 0 Å². The zero-order chi connectivity index (χ0) is 14.8. The molecule has 1 aliphatic heterocycles. The molecule has 6 heteroatoms. The molecule has 2 heterocycles. The molecule has 0 spiro atoms. The Bertz CT molecular complexity index is 597. The monoisotopic (exact) mass is 307 g/mol. The third kappa shape index (κ3) is 3.19. The fourth-order valence-corrected chi connectivity index (χ4v) is 2.43. The standard InChI is InChI=1S/C15H18ClN3O2/c1-10(2)14-17-15(18-21-14)19-7-8-20-13(9-19)11-3-5-12(16)6-4-11/h3-6,10,13H,7-9H2,1-2H3/t13-/m1/s1. The minimum Gasteiger partial charge on any atom is -0.370 e. The van der Waals surface area contributed by atoms with Crippen LogP contribution in [0.25, 0.3) is 0 Å². The first-order valence-corrected chi connectivity index (χ1v) is 7.47. The van der Waals surface area contributed by atoms with Crippen LogP contribution >= 0.6 is 11.6 Å². The van der Waals surface area contributed by atoms with Crippen LogP contribution in [0.1, 0.15) is 37.3 Å². The first-order valence-electron chi connectivity index (χ1n) is 7.09. The predicted molar refractivity (Wildman–Crippen MR) is 80.7 cm³/mol. The van der Waals surface area contributed by atoms with Gasteiger partial charge >= 0.3 is 0 Å². The van der Waals surface area contributed by atoms with Crippen molar-refractivity contribution in [1.82, 2.24) is 10.1 Å². The molecule has 21 heavy (non-hydrogen) atoms. The second-order valence-corrected chi connectivity index (χ2v) is 5.88. The Labute approximate surface area is 128 Å². The molecule has 0 amide bonds. The number of hydrogen-bond acceptors (Lipinski definition) is 5. The maximum Gasteiger partial charge on any atom is 0.266 e. The Hall–Kier alpha value is -1.59. The van der Waals surface area contributed by atoms with Gasteiger partial charge in [0.05, 0.1) is 13.2 Å². The summed E-state index contributed by atoms with van der Waals surface area (Å²) < 4.78 is 11.1. The fourth-order valence-electron chi connectivity index (χ4n) is 2.30. The molecule has 2 aromatic rings. The zero-order valence-electron chi connectivity index (χ0n) is 12.1. The average molecular weight is 308 g/mol. The summed E-state index contributed by atoms with van der Waals surface area (Å²) in [5.41, 5.74) is 1.11. The van der Waals surface area contributed by atoms with E-state index >= 15 is 0 Å². The highest BCUT2D eigenvalue weighted by Crippen LogP contribution is 2.26. The lowest BCUT2D eigenvalue weighted by molar-refractivity contribution is 0.0391. The molecule has 0 bridgehead atoms. The van der Waals surface area contributed by atoms with Gasteiger partial charge in [0.25, 0.3) is 5.95 Å². The highest BCUT2D eigenvalue weighted by atomic mass is 35.5. The summed E-state index contributed by atoms with van der Waals surface area (Å²) in [4.78, 5) is 6.54. The Morgan fingerprint density at radius 1 is 1.29 bits per heavy atom. The Balaban J connectivity index is 1.74. The zero-order valence-corrected chi connectivity index (χ0v) is 12.9. The molecule has 3 rings (SSSR count). The van der Waals surface area contributed by atoms with Gasteiger partial charge in [0.2, 0.25) is 5.89 Å². The van der Waals surface area contributed by atoms with Crippen molar-refractivity contribution in [2.24, 2.45) is 0 Å². The van der Waals surface area contributed by atoms with Crippen LogP contribution in [-0.2, 0) is 4.74 Å². The smallest absolute Gasteiger partial charge is 0.266 e. The fraction of sp³-hybridized carbons (Fsp3) is 0.467. The van der Waals surface area contributed by atoms with Gasteiger partial charge < -0.3 is 14.2 Å². The lowest BCUT2D eigenvalue weighted by Gasteiger charge is -2.32. The molecule has 0 unspecified atom stereocenters. The van der Waals surface area contributed by atoms with Gasteiger partial charge in [0, 0.05) is 17.5 Å². The molecule has 1 aromatic heterocycles. The number of nitrogens with zero attached hydrogens (tertiary/aromatic N) is 3. The Morgan fingerprint density at radius 3 is 2.71 bits per heavy atom. The molecule has 0 aliphatic carbocycles. The summed E-state index contributed by atoms with van der Waals surface area (Å²) in [6, 6.07) is 7.74. The number of hydrogen-bond donors (Lipinski definition) is 0. The maximum atomic E-state index is 5.92. The molecular formula is C15H18ClN3O2. The summed E-state index contributed by atoms with van der Waals surface area (Å²) in [5.74, 6) is 1.54. The SMILES string of the molecule is CC(C)c1nc(N2CCO[C@@H](c3ccc(Cl)cc3)C2)no1. The third-order valence-corrected chi connectivity index (χ3v) is 3.77. The third-order valence-electron chi connectivity index (χ3n) is 3.52. The normalized spacial score (nSPS) is 19.2. The van der Waals surface area contributed by atoms with Gasteiger partial charge in [-0.25, -0.2) is 0 Å². The first kappa shape index (κ1) is 14.4. The van der Waals surface area contributed by atoms with Crippen molar-refractivity contribution in [1.29, 1.82) is 0 Å². The van der Waals surface area contributed by atoms with Gasteiger partial charge in [0.1, 0.15) is 6.10 Å². The molecule has 0 N–H and O–H groups in total. The molecule has 0 radical (unpaired) electrons. The first-order chi connectivity index (χ1) is 10.1. The lowest BCUT2D eigenvalue weighted by atomic mass is 10.1. The van der Waals surface area contributed by atoms with Gasteiger partial charge in [-0.1, -0.05) is 37.6 Å². The van der Waals surface area contributed by atoms with Crippen LogP contribution in [0.3, 0.4) is 0 Å². The molecule has 5 nitrogen and oxygen atoms in total. The lowest BCUT2D eigenvalue weighted by Crippen LogP contribution is -2.39. The van der Waals surface area contributed by atoms with Gasteiger partial charge in [-0.2, -0.15) is 4.98 Å². The average Bonchev–Trinajstić information content (AvgIpc) is 2.98. The number of halogens is 1. The van der Waals surface area contributed by atoms with Gasteiger partial charge in [-0.3, -0.25) is 0 Å². The maximum absolute atomic E-state index is 5.92. The van der Waals surface area contributed by atoms with E-state index in [0.717, 1.165) is 17.1 Å². The Kier molecular flexibility index (Phi) is 4.12. The summed E-state index contributed by atoms with van der Waals surface area (Å²) in [6.07, 6.45) is -0.00276. The number of aromatic nitrogens is 2. The summed E-state index contributed by atoms with van der Waals surface area (Å²) in [6.45, 7) is 6.18. The minimum absolute atomic E-state index is 0.00276. The van der Waals surface area contributed by atoms with E-state index in [9.17, 15) is 0 Å². The number of benzene rings is 1. The van der Waals surface area contributed by atoms with Gasteiger partial charge in [-0.15, -0.1) is 0 Å². The minimum atomic E-state index is -0.00276. The molecule has 1 saturated heterocycles. The molecule has 1 aliphatic rings. The van der Waals surface area contributed by atoms with E-state index in [0.29, 0.717) is 25.0 Å². The van der Waals surface area contributed by atoms with Crippen LogP contribution in [-0.4, -0.2) is 29.8 Å². The van der Waals surface area contributed by atoms with Crippen LogP contribution in [0, 0.1) is 0 Å². The molecule has 1 atom stereocenters. The van der Waals surface area contributed by atoms with E-state index < -0.39 is 0 Å². The second-order valence-electron chi connectivity index (χ2n) is 5.44. The number of morpholine rings is 1. The topological polar surface area (TPSA) is 51.4 Å². The van der Waals surface area contributed by atoms with Gasteiger partial charge in [0.15, 0.2) is 0 Å². The van der Waals surface area contributed by atoms with E-state index in [2.05, 4.69) is 15.0 Å². The van der Waals surface area contributed by atoms with E-state index in [1.807, 2.05) is 38.1 Å². The van der Waals surface area contributed by atoms with E-state index in [-0.39, 0.29) is 12.0 Å². The molecule has 1 aromatic carbocycles. The number of anilines is 1. The van der Waals surface area contributed by atoms with Crippen molar-refractivity contribution < 1.29 is 9.26 Å². The van der Waals surface area contributed by atoms with Crippen LogP contribution < -0.4 is 4.90 Å². The van der Waals surface area contributed by atoms with Gasteiger partial charge in [-0.05, 0) is 22.9 Å². The van der Waals surface area contributed by atoms with Crippen LogP contribution in [0.4, 0.5) is 5.95 Å². The van der Waals surface area contributed by atoms with Crippen LogP contribution in [0.15, 0.2) is 28.8 Å². The highest BCUT2D eigenvalue weighted by Gasteiger charge is 2.25. The van der Waals surface area contributed by atoms with Crippen LogP contribution in [0.2, 0.25) is 5.02 Å². The highest BCUT2D eigenvalue weighted by molar-refractivity contribution is 6.30. The van der Waals surface area contributed by atoms with Crippen molar-refractivity contribution in [2.45, 2.75) is 25.9 Å². The van der Waals surface area contributed by atoms with Crippen molar-refractivity contribution in [3.8, 4) is 0 Å². The van der Waals surface area contributed by atoms with Crippen molar-refractivity contribution in [3.05, 3.63) is 40.7 Å². The van der Waals surface area contributed by atoms with E-state index in [1.54, 1.807) is 0 Å². The summed E-state index contributed by atoms with van der Waals surface area (Å²) >= 11 is 5.92. The van der Waals surface area contributed by atoms with Crippen molar-refractivity contribution >= 4 is 17.5 Å². The number of ether oxygens (including phenoxy) is 1. The summed E-state index contributed by atoms with van der Waals surface area (Å²) in [7, 11) is 0. The quantitative estimate of drug-likeness (QED) is 0.869. The molecule has 0 saturated carbocycles. The van der Waals surface area contributed by atoms with E-state index in [1.165, 1.54) is 0 Å².